The summed E-state index contributed by atoms with van der Waals surface area (Å²) in [6.45, 7) is 2.99. The molecular weight excluding hydrogens is 222 g/mol. The maximum absolute atomic E-state index is 11.8. The first-order chi connectivity index (χ1) is 7.93. The van der Waals surface area contributed by atoms with Gasteiger partial charge in [-0.15, -0.1) is 0 Å². The number of amides is 1. The van der Waals surface area contributed by atoms with Crippen LogP contribution in [0.15, 0.2) is 12.1 Å². The number of carbonyl (C=O) groups excluding carboxylic acids is 2. The zero-order chi connectivity index (χ0) is 12.7. The molecule has 0 saturated heterocycles. The Hall–Kier alpha value is -2.17. The maximum atomic E-state index is 11.8. The molecule has 0 saturated carbocycles. The van der Waals surface area contributed by atoms with Crippen molar-refractivity contribution in [3.63, 3.8) is 0 Å². The number of aryl methyl sites for hydroxylation is 2. The topological polar surface area (TPSA) is 74.7 Å². The monoisotopic (exact) mass is 233 g/mol. The van der Waals surface area contributed by atoms with Crippen molar-refractivity contribution in [3.8, 4) is 0 Å². The summed E-state index contributed by atoms with van der Waals surface area (Å²) in [4.78, 5) is 35.2. The van der Waals surface area contributed by atoms with E-state index in [1.807, 2.05) is 0 Å². The molecule has 0 atom stereocenters. The lowest BCUT2D eigenvalue weighted by Crippen LogP contribution is -2.34. The van der Waals surface area contributed by atoms with Crippen LogP contribution in [0.5, 0.6) is 0 Å². The Morgan fingerprint density at radius 2 is 1.82 bits per heavy atom. The van der Waals surface area contributed by atoms with Crippen LogP contribution in [-0.2, 0) is 9.59 Å². The highest BCUT2D eigenvalue weighted by atomic mass is 16.4. The molecule has 2 rings (SSSR count). The van der Waals surface area contributed by atoms with Gasteiger partial charge in [0, 0.05) is 0 Å². The molecule has 5 nitrogen and oxygen atoms in total. The van der Waals surface area contributed by atoms with E-state index in [1.54, 1.807) is 26.0 Å². The Morgan fingerprint density at radius 1 is 1.24 bits per heavy atom. The number of ketones is 1. The minimum atomic E-state index is -1.14. The Balaban J connectivity index is 2.63. The summed E-state index contributed by atoms with van der Waals surface area (Å²) < 4.78 is 0. The van der Waals surface area contributed by atoms with Crippen LogP contribution in [0.4, 0.5) is 5.69 Å². The smallest absolute Gasteiger partial charge is 0.323 e. The molecule has 88 valence electrons. The summed E-state index contributed by atoms with van der Waals surface area (Å²) in [6.07, 6.45) is 0. The molecule has 1 heterocycles. The van der Waals surface area contributed by atoms with Crippen molar-refractivity contribution < 1.29 is 19.5 Å². The van der Waals surface area contributed by atoms with E-state index in [4.69, 9.17) is 5.11 Å². The second kappa shape index (κ2) is 3.69. The highest BCUT2D eigenvalue weighted by Crippen LogP contribution is 2.34. The zero-order valence-corrected chi connectivity index (χ0v) is 9.48. The minimum absolute atomic E-state index is 0.330. The van der Waals surface area contributed by atoms with Gasteiger partial charge in [-0.3, -0.25) is 19.3 Å². The predicted molar refractivity (Wildman–Crippen MR) is 60.2 cm³/mol. The number of carboxylic acids is 1. The van der Waals surface area contributed by atoms with Crippen molar-refractivity contribution in [2.75, 3.05) is 11.4 Å². The Morgan fingerprint density at radius 3 is 2.41 bits per heavy atom. The molecule has 0 unspecified atom stereocenters. The first kappa shape index (κ1) is 11.3. The number of hydrogen-bond donors (Lipinski definition) is 1. The van der Waals surface area contributed by atoms with Crippen LogP contribution >= 0.6 is 0 Å². The van der Waals surface area contributed by atoms with Gasteiger partial charge in [-0.1, -0.05) is 12.1 Å². The van der Waals surface area contributed by atoms with E-state index in [-0.39, 0.29) is 0 Å². The number of carboxylic acid groups (broad SMARTS) is 1. The van der Waals surface area contributed by atoms with E-state index in [0.29, 0.717) is 16.8 Å². The summed E-state index contributed by atoms with van der Waals surface area (Å²) in [5.41, 5.74) is 2.18. The lowest BCUT2D eigenvalue weighted by atomic mass is 10.0. The van der Waals surface area contributed by atoms with Crippen LogP contribution in [0.2, 0.25) is 0 Å². The fourth-order valence-corrected chi connectivity index (χ4v) is 2.05. The molecular formula is C12H11NO4. The van der Waals surface area contributed by atoms with Gasteiger partial charge < -0.3 is 5.11 Å². The summed E-state index contributed by atoms with van der Waals surface area (Å²) >= 11 is 0. The van der Waals surface area contributed by atoms with Gasteiger partial charge in [0.15, 0.2) is 0 Å². The van der Waals surface area contributed by atoms with Crippen LogP contribution in [0.25, 0.3) is 0 Å². The normalized spacial score (nSPS) is 14.1. The number of carbonyl (C=O) groups is 3. The first-order valence-corrected chi connectivity index (χ1v) is 5.11. The van der Waals surface area contributed by atoms with Gasteiger partial charge in [0.2, 0.25) is 0 Å². The molecule has 5 heteroatoms. The van der Waals surface area contributed by atoms with Gasteiger partial charge in [0.05, 0.1) is 11.3 Å². The summed E-state index contributed by atoms with van der Waals surface area (Å²) in [6, 6.07) is 3.53. The highest BCUT2D eigenvalue weighted by molar-refractivity contribution is 6.53. The van der Waals surface area contributed by atoms with Crippen molar-refractivity contribution in [2.24, 2.45) is 0 Å². The van der Waals surface area contributed by atoms with Crippen LogP contribution in [0, 0.1) is 13.8 Å². The van der Waals surface area contributed by atoms with Crippen molar-refractivity contribution in [2.45, 2.75) is 13.8 Å². The van der Waals surface area contributed by atoms with Crippen LogP contribution in [-0.4, -0.2) is 29.3 Å². The zero-order valence-electron chi connectivity index (χ0n) is 9.48. The van der Waals surface area contributed by atoms with Gasteiger partial charge in [-0.25, -0.2) is 0 Å². The molecule has 0 fully saturated rings. The summed E-state index contributed by atoms with van der Waals surface area (Å²) in [7, 11) is 0. The van der Waals surface area contributed by atoms with Crippen molar-refractivity contribution in [1.29, 1.82) is 0 Å². The van der Waals surface area contributed by atoms with Gasteiger partial charge in [-0.05, 0) is 25.0 Å². The molecule has 1 aromatic rings. The van der Waals surface area contributed by atoms with Gasteiger partial charge in [-0.2, -0.15) is 0 Å². The molecule has 1 aromatic carbocycles. The van der Waals surface area contributed by atoms with Gasteiger partial charge >= 0.3 is 5.97 Å². The SMILES string of the molecule is Cc1ccc(C)c2c1C(=O)C(=O)N2CC(=O)O. The number of fused-ring (bicyclic) bond motifs is 1. The van der Waals surface area contributed by atoms with Crippen LogP contribution < -0.4 is 4.90 Å². The molecule has 1 N–H and O–H groups in total. The third-order valence-electron chi connectivity index (χ3n) is 2.82. The van der Waals surface area contributed by atoms with E-state index < -0.39 is 24.2 Å². The minimum Gasteiger partial charge on any atom is -0.480 e. The Bertz CT molecular complexity index is 548. The molecule has 17 heavy (non-hydrogen) atoms. The first-order valence-electron chi connectivity index (χ1n) is 5.11. The maximum Gasteiger partial charge on any atom is 0.323 e. The van der Waals surface area contributed by atoms with Gasteiger partial charge in [0.1, 0.15) is 6.54 Å². The van der Waals surface area contributed by atoms with E-state index in [1.165, 1.54) is 0 Å². The molecule has 0 spiro atoms. The van der Waals surface area contributed by atoms with E-state index in [9.17, 15) is 14.4 Å². The molecule has 0 aromatic heterocycles. The van der Waals surface area contributed by atoms with Crippen molar-refractivity contribution in [1.82, 2.24) is 0 Å². The molecule has 1 aliphatic heterocycles. The number of benzene rings is 1. The summed E-state index contributed by atoms with van der Waals surface area (Å²) in [5, 5.41) is 8.76. The van der Waals surface area contributed by atoms with Crippen molar-refractivity contribution >= 4 is 23.3 Å². The third-order valence-corrected chi connectivity index (χ3v) is 2.82. The number of nitrogens with zero attached hydrogens (tertiary/aromatic N) is 1. The number of Topliss-reactive ketones (excluding diaryl/α,β-unsaturated/α-hetero) is 1. The third kappa shape index (κ3) is 1.60. The predicted octanol–water partition coefficient (Wildman–Crippen LogP) is 0.917. The lowest BCUT2D eigenvalue weighted by Gasteiger charge is -2.16. The largest absolute Gasteiger partial charge is 0.480 e. The molecule has 1 aliphatic rings. The number of hydrogen-bond acceptors (Lipinski definition) is 3. The van der Waals surface area contributed by atoms with E-state index in [2.05, 4.69) is 0 Å². The quantitative estimate of drug-likeness (QED) is 0.770. The van der Waals surface area contributed by atoms with Crippen molar-refractivity contribution in [3.05, 3.63) is 28.8 Å². The van der Waals surface area contributed by atoms with E-state index >= 15 is 0 Å². The highest BCUT2D eigenvalue weighted by Gasteiger charge is 2.38. The average molecular weight is 233 g/mol. The second-order valence-electron chi connectivity index (χ2n) is 4.04. The Kier molecular flexibility index (Phi) is 2.46. The fraction of sp³-hybridized carbons (Fsp3) is 0.250. The van der Waals surface area contributed by atoms with Crippen LogP contribution in [0.3, 0.4) is 0 Å². The van der Waals surface area contributed by atoms with Crippen LogP contribution in [0.1, 0.15) is 21.5 Å². The molecule has 0 aliphatic carbocycles. The lowest BCUT2D eigenvalue weighted by molar-refractivity contribution is -0.136. The average Bonchev–Trinajstić information content (AvgIpc) is 2.49. The number of rotatable bonds is 2. The standard InChI is InChI=1S/C12H11NO4/c1-6-3-4-7(2)10-9(6)11(16)12(17)13(10)5-8(14)15/h3-4H,5H2,1-2H3,(H,14,15). The fourth-order valence-electron chi connectivity index (χ4n) is 2.05. The molecule has 1 amide bonds. The number of anilines is 1. The molecule has 0 bridgehead atoms. The van der Waals surface area contributed by atoms with Gasteiger partial charge in [0.25, 0.3) is 11.7 Å². The Labute approximate surface area is 97.7 Å². The molecule has 0 radical (unpaired) electrons. The second-order valence-corrected chi connectivity index (χ2v) is 4.04. The summed E-state index contributed by atoms with van der Waals surface area (Å²) in [5.74, 6) is -2.53. The van der Waals surface area contributed by atoms with E-state index in [0.717, 1.165) is 10.5 Å². The number of aliphatic carboxylic acids is 1.